The highest BCUT2D eigenvalue weighted by atomic mass is 35.5. The van der Waals surface area contributed by atoms with Gasteiger partial charge in [0.15, 0.2) is 0 Å². The molecule has 144 valence electrons. The van der Waals surface area contributed by atoms with Gasteiger partial charge in [0.2, 0.25) is 0 Å². The fourth-order valence-corrected chi connectivity index (χ4v) is 2.81. The van der Waals surface area contributed by atoms with Crippen molar-refractivity contribution in [1.82, 2.24) is 15.6 Å². The lowest BCUT2D eigenvalue weighted by atomic mass is 10.1. The lowest BCUT2D eigenvalue weighted by molar-refractivity contribution is 0.0950. The van der Waals surface area contributed by atoms with E-state index in [-0.39, 0.29) is 0 Å². The smallest absolute Gasteiger partial charge is 0.289 e. The van der Waals surface area contributed by atoms with Gasteiger partial charge in [-0.1, -0.05) is 36.2 Å². The fourth-order valence-electron chi connectivity index (χ4n) is 2.35. The topological polar surface area (TPSA) is 79.4 Å². The van der Waals surface area contributed by atoms with E-state index in [4.69, 9.17) is 27.9 Å². The summed E-state index contributed by atoms with van der Waals surface area (Å²) in [6.07, 6.45) is 2.40. The highest BCUT2D eigenvalue weighted by molar-refractivity contribution is 6.36. The maximum absolute atomic E-state index is 12.2. The van der Waals surface area contributed by atoms with Crippen molar-refractivity contribution < 1.29 is 9.53 Å². The molecule has 1 heterocycles. The number of H-pyrrole nitrogens is 1. The number of carbonyl (C=O) groups excluding carboxylic acids is 1. The van der Waals surface area contributed by atoms with Crippen molar-refractivity contribution in [3.8, 4) is 17.0 Å². The molecule has 6 nitrogen and oxygen atoms in total. The summed E-state index contributed by atoms with van der Waals surface area (Å²) in [5, 5.41) is 11.8. The second kappa shape index (κ2) is 9.39. The minimum Gasteiger partial charge on any atom is -0.494 e. The lowest BCUT2D eigenvalue weighted by Crippen LogP contribution is -2.18. The normalized spacial score (nSPS) is 11.0. The largest absolute Gasteiger partial charge is 0.494 e. The number of aromatic nitrogens is 2. The van der Waals surface area contributed by atoms with Gasteiger partial charge in [-0.3, -0.25) is 9.89 Å². The van der Waals surface area contributed by atoms with E-state index >= 15 is 0 Å². The third-order valence-electron chi connectivity index (χ3n) is 3.78. The predicted molar refractivity (Wildman–Crippen MR) is 111 cm³/mol. The first kappa shape index (κ1) is 19.9. The molecular formula is C20H18Cl2N4O2. The van der Waals surface area contributed by atoms with Gasteiger partial charge in [0, 0.05) is 16.1 Å². The molecule has 0 saturated carbocycles. The number of rotatable bonds is 7. The molecule has 0 saturated heterocycles. The number of hydrogen-bond acceptors (Lipinski definition) is 4. The van der Waals surface area contributed by atoms with Gasteiger partial charge in [0.25, 0.3) is 5.91 Å². The summed E-state index contributed by atoms with van der Waals surface area (Å²) in [5.74, 6) is 0.386. The Morgan fingerprint density at radius 3 is 2.71 bits per heavy atom. The predicted octanol–water partition coefficient (Wildman–Crippen LogP) is 4.94. The number of ether oxygens (including phenoxy) is 1. The van der Waals surface area contributed by atoms with Crippen molar-refractivity contribution in [1.29, 1.82) is 0 Å². The van der Waals surface area contributed by atoms with Crippen molar-refractivity contribution in [3.63, 3.8) is 0 Å². The Morgan fingerprint density at radius 2 is 2.00 bits per heavy atom. The fraction of sp³-hybridized carbons (Fsp3) is 0.150. The summed E-state index contributed by atoms with van der Waals surface area (Å²) in [7, 11) is 0. The van der Waals surface area contributed by atoms with Crippen LogP contribution in [0.4, 0.5) is 0 Å². The van der Waals surface area contributed by atoms with Gasteiger partial charge in [-0.25, -0.2) is 5.43 Å². The number of nitrogens with zero attached hydrogens (tertiary/aromatic N) is 2. The van der Waals surface area contributed by atoms with Crippen molar-refractivity contribution in [2.24, 2.45) is 5.10 Å². The zero-order valence-electron chi connectivity index (χ0n) is 15.1. The SMILES string of the molecule is CCCOc1ccc(-c2cc(C(=O)N/N=C/c3ccc(Cl)cc3Cl)[nH]n2)cc1. The molecule has 28 heavy (non-hydrogen) atoms. The van der Waals surface area contributed by atoms with Gasteiger partial charge >= 0.3 is 0 Å². The van der Waals surface area contributed by atoms with Crippen LogP contribution in [0, 0.1) is 0 Å². The molecule has 0 radical (unpaired) electrons. The first-order valence-electron chi connectivity index (χ1n) is 8.64. The zero-order chi connectivity index (χ0) is 19.9. The van der Waals surface area contributed by atoms with E-state index in [1.54, 1.807) is 24.3 Å². The highest BCUT2D eigenvalue weighted by Gasteiger charge is 2.10. The first-order valence-corrected chi connectivity index (χ1v) is 9.39. The Hall–Kier alpha value is -2.83. The van der Waals surface area contributed by atoms with Crippen molar-refractivity contribution >= 4 is 35.3 Å². The Balaban J connectivity index is 1.62. The molecule has 0 aliphatic rings. The van der Waals surface area contributed by atoms with Gasteiger partial charge in [-0.05, 0) is 48.9 Å². The number of carbonyl (C=O) groups is 1. The Bertz CT molecular complexity index is 984. The van der Waals surface area contributed by atoms with Crippen LogP contribution in [-0.4, -0.2) is 28.9 Å². The molecule has 3 aromatic rings. The average molecular weight is 417 g/mol. The Morgan fingerprint density at radius 1 is 1.21 bits per heavy atom. The molecule has 0 unspecified atom stereocenters. The molecule has 2 N–H and O–H groups in total. The lowest BCUT2D eigenvalue weighted by Gasteiger charge is -2.04. The van der Waals surface area contributed by atoms with Crippen LogP contribution in [0.1, 0.15) is 29.4 Å². The van der Waals surface area contributed by atoms with Crippen LogP contribution in [-0.2, 0) is 0 Å². The molecule has 1 aromatic heterocycles. The van der Waals surface area contributed by atoms with Crippen LogP contribution in [0.2, 0.25) is 10.0 Å². The number of nitrogens with one attached hydrogen (secondary N) is 2. The first-order chi connectivity index (χ1) is 13.6. The van der Waals surface area contributed by atoms with Crippen LogP contribution in [0.3, 0.4) is 0 Å². The third kappa shape index (κ3) is 5.12. The average Bonchev–Trinajstić information content (AvgIpc) is 3.19. The molecule has 0 aliphatic carbocycles. The Labute approximate surface area is 172 Å². The van der Waals surface area contributed by atoms with Gasteiger partial charge in [0.1, 0.15) is 11.4 Å². The molecule has 3 rings (SSSR count). The van der Waals surface area contributed by atoms with Gasteiger partial charge < -0.3 is 4.74 Å². The van der Waals surface area contributed by atoms with Crippen LogP contribution < -0.4 is 10.2 Å². The van der Waals surface area contributed by atoms with E-state index < -0.39 is 5.91 Å². The van der Waals surface area contributed by atoms with Crippen LogP contribution in [0.5, 0.6) is 5.75 Å². The number of halogens is 2. The van der Waals surface area contributed by atoms with E-state index in [9.17, 15) is 4.79 Å². The zero-order valence-corrected chi connectivity index (χ0v) is 16.6. The van der Waals surface area contributed by atoms with Crippen LogP contribution in [0.15, 0.2) is 53.6 Å². The number of benzene rings is 2. The van der Waals surface area contributed by atoms with Gasteiger partial charge in [-0.15, -0.1) is 0 Å². The summed E-state index contributed by atoms with van der Waals surface area (Å²) in [5.41, 5.74) is 4.89. The van der Waals surface area contributed by atoms with Gasteiger partial charge in [-0.2, -0.15) is 10.2 Å². The quantitative estimate of drug-likeness (QED) is 0.422. The summed E-state index contributed by atoms with van der Waals surface area (Å²) < 4.78 is 5.56. The number of hydrazone groups is 1. The molecule has 0 bridgehead atoms. The molecule has 0 atom stereocenters. The molecule has 0 spiro atoms. The number of amides is 1. The minimum absolute atomic E-state index is 0.292. The molecule has 0 fully saturated rings. The second-order valence-electron chi connectivity index (χ2n) is 5.90. The second-order valence-corrected chi connectivity index (χ2v) is 6.75. The van der Waals surface area contributed by atoms with E-state index in [1.165, 1.54) is 6.21 Å². The maximum Gasteiger partial charge on any atom is 0.289 e. The number of aromatic amines is 1. The highest BCUT2D eigenvalue weighted by Crippen LogP contribution is 2.22. The summed E-state index contributed by atoms with van der Waals surface area (Å²) in [6.45, 7) is 2.73. The minimum atomic E-state index is -0.414. The summed E-state index contributed by atoms with van der Waals surface area (Å²) in [6, 6.07) is 14.2. The maximum atomic E-state index is 12.2. The standard InChI is InChI=1S/C20H18Cl2N4O2/c1-2-9-28-16-7-4-13(5-8-16)18-11-19(25-24-18)20(27)26-23-12-14-3-6-15(21)10-17(14)22/h3-8,10-12H,2,9H2,1H3,(H,24,25)(H,26,27)/b23-12+. The Kier molecular flexibility index (Phi) is 6.68. The monoisotopic (exact) mass is 416 g/mol. The van der Waals surface area contributed by atoms with Crippen molar-refractivity contribution in [2.75, 3.05) is 6.61 Å². The van der Waals surface area contributed by atoms with Crippen LogP contribution in [0.25, 0.3) is 11.3 Å². The van der Waals surface area contributed by atoms with Crippen molar-refractivity contribution in [3.05, 3.63) is 69.8 Å². The third-order valence-corrected chi connectivity index (χ3v) is 4.34. The van der Waals surface area contributed by atoms with Crippen molar-refractivity contribution in [2.45, 2.75) is 13.3 Å². The molecule has 1 amide bonds. The summed E-state index contributed by atoms with van der Waals surface area (Å²) in [4.78, 5) is 12.2. The molecule has 2 aromatic carbocycles. The van der Waals surface area contributed by atoms with E-state index in [0.29, 0.717) is 33.6 Å². The number of hydrogen-bond donors (Lipinski definition) is 2. The van der Waals surface area contributed by atoms with E-state index in [0.717, 1.165) is 17.7 Å². The van der Waals surface area contributed by atoms with E-state index in [2.05, 4.69) is 27.6 Å². The molecular weight excluding hydrogens is 399 g/mol. The molecule has 0 aliphatic heterocycles. The van der Waals surface area contributed by atoms with Gasteiger partial charge in [0.05, 0.1) is 23.5 Å². The summed E-state index contributed by atoms with van der Waals surface area (Å²) >= 11 is 11.9. The van der Waals surface area contributed by atoms with E-state index in [1.807, 2.05) is 24.3 Å². The molecule has 8 heteroatoms. The van der Waals surface area contributed by atoms with Crippen LogP contribution >= 0.6 is 23.2 Å².